The smallest absolute Gasteiger partial charge is 0.220 e. The van der Waals surface area contributed by atoms with Crippen molar-refractivity contribution in [2.75, 3.05) is 13.2 Å². The van der Waals surface area contributed by atoms with Crippen molar-refractivity contribution < 1.29 is 39.8 Å². The molecule has 0 bridgehead atoms. The van der Waals surface area contributed by atoms with E-state index >= 15 is 0 Å². The van der Waals surface area contributed by atoms with Crippen molar-refractivity contribution in [1.29, 1.82) is 0 Å². The zero-order chi connectivity index (χ0) is 38.8. The van der Waals surface area contributed by atoms with Crippen molar-refractivity contribution in [3.63, 3.8) is 0 Å². The molecule has 9 heteroatoms. The van der Waals surface area contributed by atoms with Crippen LogP contribution in [-0.2, 0) is 14.3 Å². The van der Waals surface area contributed by atoms with E-state index in [1.165, 1.54) is 122 Å². The Morgan fingerprint density at radius 2 is 1.08 bits per heavy atom. The first-order chi connectivity index (χ1) is 25.8. The fourth-order valence-corrected chi connectivity index (χ4v) is 6.64. The van der Waals surface area contributed by atoms with Crippen molar-refractivity contribution in [3.8, 4) is 0 Å². The molecule has 1 saturated heterocycles. The van der Waals surface area contributed by atoms with Crippen molar-refractivity contribution in [2.45, 2.75) is 224 Å². The normalized spacial score (nSPS) is 22.0. The van der Waals surface area contributed by atoms with Crippen LogP contribution in [0.3, 0.4) is 0 Å². The lowest BCUT2D eigenvalue weighted by Crippen LogP contribution is -2.60. The van der Waals surface area contributed by atoms with Crippen molar-refractivity contribution in [3.05, 3.63) is 36.5 Å². The fraction of sp³-hybridized carbons (Fsp3) is 0.841. The first-order valence-electron chi connectivity index (χ1n) is 21.7. The molecule has 9 nitrogen and oxygen atoms in total. The van der Waals surface area contributed by atoms with E-state index in [0.717, 1.165) is 38.5 Å². The molecule has 0 saturated carbocycles. The number of hydrogen-bond acceptors (Lipinski definition) is 8. The Balaban J connectivity index is 2.29. The van der Waals surface area contributed by atoms with Gasteiger partial charge in [-0.05, 0) is 57.8 Å². The molecule has 1 amide bonds. The number of aliphatic hydroxyl groups is 5. The van der Waals surface area contributed by atoms with E-state index in [4.69, 9.17) is 9.47 Å². The van der Waals surface area contributed by atoms with Crippen LogP contribution in [0.2, 0.25) is 0 Å². The Morgan fingerprint density at radius 1 is 0.623 bits per heavy atom. The van der Waals surface area contributed by atoms with Crippen LogP contribution in [0, 0.1) is 0 Å². The molecule has 0 aromatic heterocycles. The number of carbonyl (C=O) groups excluding carboxylic acids is 1. The number of aliphatic hydroxyl groups excluding tert-OH is 5. The molecule has 7 atom stereocenters. The van der Waals surface area contributed by atoms with Gasteiger partial charge in [0, 0.05) is 6.42 Å². The van der Waals surface area contributed by atoms with Gasteiger partial charge in [-0.1, -0.05) is 153 Å². The van der Waals surface area contributed by atoms with Crippen LogP contribution in [0.1, 0.15) is 181 Å². The van der Waals surface area contributed by atoms with Crippen LogP contribution in [0.5, 0.6) is 0 Å². The molecule has 1 rings (SSSR count). The molecule has 1 fully saturated rings. The Hall–Kier alpha value is -1.59. The van der Waals surface area contributed by atoms with Crippen molar-refractivity contribution >= 4 is 5.91 Å². The van der Waals surface area contributed by atoms with E-state index in [-0.39, 0.29) is 12.5 Å². The summed E-state index contributed by atoms with van der Waals surface area (Å²) in [4.78, 5) is 12.9. The summed E-state index contributed by atoms with van der Waals surface area (Å²) in [6, 6.07) is -0.818. The van der Waals surface area contributed by atoms with Crippen LogP contribution in [0.4, 0.5) is 0 Å². The van der Waals surface area contributed by atoms with Gasteiger partial charge in [0.25, 0.3) is 0 Å². The molecular formula is C44H81NO8. The van der Waals surface area contributed by atoms with Gasteiger partial charge in [-0.25, -0.2) is 0 Å². The Labute approximate surface area is 323 Å². The molecule has 0 spiro atoms. The Morgan fingerprint density at radius 3 is 1.62 bits per heavy atom. The zero-order valence-electron chi connectivity index (χ0n) is 33.8. The third-order valence-corrected chi connectivity index (χ3v) is 10.2. The van der Waals surface area contributed by atoms with Crippen LogP contribution >= 0.6 is 0 Å². The molecule has 0 radical (unpaired) electrons. The quantitative estimate of drug-likeness (QED) is 0.0279. The molecule has 1 aliphatic rings. The van der Waals surface area contributed by atoms with Crippen molar-refractivity contribution in [2.24, 2.45) is 0 Å². The highest BCUT2D eigenvalue weighted by molar-refractivity contribution is 5.76. The molecule has 1 aliphatic heterocycles. The van der Waals surface area contributed by atoms with Crippen LogP contribution in [-0.4, -0.2) is 87.5 Å². The van der Waals surface area contributed by atoms with E-state index in [1.807, 2.05) is 6.08 Å². The maximum absolute atomic E-state index is 12.9. The minimum atomic E-state index is -1.57. The lowest BCUT2D eigenvalue weighted by atomic mass is 9.99. The van der Waals surface area contributed by atoms with E-state index < -0.39 is 49.5 Å². The maximum atomic E-state index is 12.9. The highest BCUT2D eigenvalue weighted by Gasteiger charge is 2.44. The van der Waals surface area contributed by atoms with Crippen molar-refractivity contribution in [1.82, 2.24) is 5.32 Å². The largest absolute Gasteiger partial charge is 0.394 e. The topological polar surface area (TPSA) is 149 Å². The molecule has 6 N–H and O–H groups in total. The fourth-order valence-electron chi connectivity index (χ4n) is 6.64. The number of carbonyl (C=O) groups is 1. The molecule has 2 unspecified atom stereocenters. The number of rotatable bonds is 35. The van der Waals surface area contributed by atoms with Gasteiger partial charge in [0.1, 0.15) is 24.4 Å². The number of amides is 1. The number of unbranched alkanes of at least 4 members (excludes halogenated alkanes) is 21. The van der Waals surface area contributed by atoms with Gasteiger partial charge in [0.15, 0.2) is 6.29 Å². The lowest BCUT2D eigenvalue weighted by Gasteiger charge is -2.40. The second kappa shape index (κ2) is 34.9. The summed E-state index contributed by atoms with van der Waals surface area (Å²) >= 11 is 0. The van der Waals surface area contributed by atoms with Gasteiger partial charge in [0.05, 0.1) is 25.4 Å². The van der Waals surface area contributed by atoms with Crippen LogP contribution in [0.15, 0.2) is 36.5 Å². The van der Waals surface area contributed by atoms with Crippen LogP contribution in [0.25, 0.3) is 0 Å². The maximum Gasteiger partial charge on any atom is 0.220 e. The number of nitrogens with one attached hydrogen (secondary N) is 1. The Bertz CT molecular complexity index is 925. The third-order valence-electron chi connectivity index (χ3n) is 10.2. The first-order valence-corrected chi connectivity index (χ1v) is 21.7. The average molecular weight is 752 g/mol. The summed E-state index contributed by atoms with van der Waals surface area (Å²) in [7, 11) is 0. The van der Waals surface area contributed by atoms with Gasteiger partial charge in [-0.2, -0.15) is 0 Å². The summed E-state index contributed by atoms with van der Waals surface area (Å²) in [5.41, 5.74) is 0. The predicted molar refractivity (Wildman–Crippen MR) is 216 cm³/mol. The van der Waals surface area contributed by atoms with Crippen LogP contribution < -0.4 is 5.32 Å². The van der Waals surface area contributed by atoms with Gasteiger partial charge in [-0.3, -0.25) is 4.79 Å². The first kappa shape index (κ1) is 49.4. The highest BCUT2D eigenvalue weighted by Crippen LogP contribution is 2.22. The van der Waals surface area contributed by atoms with Gasteiger partial charge in [-0.15, -0.1) is 0 Å². The number of allylic oxidation sites excluding steroid dienone is 5. The van der Waals surface area contributed by atoms with Gasteiger partial charge >= 0.3 is 0 Å². The van der Waals surface area contributed by atoms with Gasteiger partial charge < -0.3 is 40.3 Å². The second-order valence-electron chi connectivity index (χ2n) is 15.1. The molecule has 1 heterocycles. The summed E-state index contributed by atoms with van der Waals surface area (Å²) in [5, 5.41) is 53.9. The predicted octanol–water partition coefficient (Wildman–Crippen LogP) is 8.50. The standard InChI is InChI=1S/C44H81NO8/c1-3-5-7-9-11-13-14-15-16-17-18-19-20-21-22-23-24-26-28-30-32-34-40(48)45-37(38(47)33-31-29-27-25-12-10-8-6-4-2)36-52-44-43(51)42(50)41(49)39(35-46)53-44/h12,15-16,25,31,33,37-39,41-44,46-47,49-51H,3-11,13-14,17-24,26-30,32,34-36H2,1-2H3,(H,45,48)/b16-15+,25-12+,33-31+/t37-,38+,39-,41-,42?,43?,44-/m0/s1. The third kappa shape index (κ3) is 26.0. The SMILES string of the molecule is CCCCC/C=C/CC/C=C/[C@@H](O)[C@H](CO[C@H]1O[C@@H](CO)[C@H](O)C(O)C1O)NC(=O)CCCCCCCCCCCCC/C=C/CCCCCCCC. The molecule has 310 valence electrons. The monoisotopic (exact) mass is 752 g/mol. The number of hydrogen-bond donors (Lipinski definition) is 6. The second-order valence-corrected chi connectivity index (χ2v) is 15.1. The number of ether oxygens (including phenoxy) is 2. The highest BCUT2D eigenvalue weighted by atomic mass is 16.7. The van der Waals surface area contributed by atoms with E-state index in [9.17, 15) is 30.3 Å². The lowest BCUT2D eigenvalue weighted by molar-refractivity contribution is -0.302. The molecule has 0 aromatic carbocycles. The summed E-state index contributed by atoms with van der Waals surface area (Å²) in [5.74, 6) is -0.192. The van der Waals surface area contributed by atoms with E-state index in [2.05, 4.69) is 43.5 Å². The molecule has 0 aliphatic carbocycles. The molecular weight excluding hydrogens is 670 g/mol. The summed E-state index contributed by atoms with van der Waals surface area (Å²) in [6.45, 7) is 3.69. The Kier molecular flexibility index (Phi) is 32.5. The summed E-state index contributed by atoms with van der Waals surface area (Å²) < 4.78 is 11.1. The molecule has 53 heavy (non-hydrogen) atoms. The minimum absolute atomic E-state index is 0.192. The zero-order valence-corrected chi connectivity index (χ0v) is 33.8. The summed E-state index contributed by atoms with van der Waals surface area (Å²) in [6.07, 6.45) is 34.9. The minimum Gasteiger partial charge on any atom is -0.394 e. The molecule has 0 aromatic rings. The van der Waals surface area contributed by atoms with E-state index in [1.54, 1.807) is 6.08 Å². The van der Waals surface area contributed by atoms with E-state index in [0.29, 0.717) is 6.42 Å². The van der Waals surface area contributed by atoms with Gasteiger partial charge in [0.2, 0.25) is 5.91 Å². The average Bonchev–Trinajstić information content (AvgIpc) is 3.16.